The van der Waals surface area contributed by atoms with E-state index < -0.39 is 50.1 Å². The fourth-order valence-electron chi connectivity index (χ4n) is 5.98. The molecule has 1 aromatic heterocycles. The number of hydrogen-bond acceptors (Lipinski definition) is 4. The van der Waals surface area contributed by atoms with E-state index in [0.29, 0.717) is 30.8 Å². The number of aliphatic carboxylic acids is 1. The molecule has 0 atom stereocenters. The third-order valence-electron chi connectivity index (χ3n) is 8.73. The van der Waals surface area contributed by atoms with Crippen molar-refractivity contribution in [2.24, 2.45) is 11.8 Å². The molecule has 1 amide bonds. The molecule has 0 bridgehead atoms. The first-order valence-electron chi connectivity index (χ1n) is 14.1. The van der Waals surface area contributed by atoms with Gasteiger partial charge in [-0.25, -0.2) is 15.0 Å². The highest BCUT2D eigenvalue weighted by atomic mass is 32.2. The van der Waals surface area contributed by atoms with Crippen molar-refractivity contribution in [2.45, 2.75) is 94.0 Å². The monoisotopic (exact) mass is 606 g/mol. The number of benzene rings is 1. The lowest BCUT2D eigenvalue weighted by Crippen LogP contribution is -2.46. The molecule has 13 heteroatoms. The molecule has 0 spiro atoms. The maximum absolute atomic E-state index is 14.3. The van der Waals surface area contributed by atoms with Gasteiger partial charge in [-0.15, -0.1) is 4.72 Å². The lowest BCUT2D eigenvalue weighted by Gasteiger charge is -2.32. The van der Waals surface area contributed by atoms with E-state index in [0.717, 1.165) is 44.2 Å². The number of nitrogens with one attached hydrogen (secondary N) is 2. The highest BCUT2D eigenvalue weighted by Crippen LogP contribution is 2.42. The van der Waals surface area contributed by atoms with Crippen LogP contribution >= 0.6 is 0 Å². The second-order valence-corrected chi connectivity index (χ2v) is 13.4. The summed E-state index contributed by atoms with van der Waals surface area (Å²) in [5, 5.41) is 12.0. The third kappa shape index (κ3) is 6.06. The molecular weight excluding hydrogens is 573 g/mol. The van der Waals surface area contributed by atoms with Crippen molar-refractivity contribution in [1.29, 1.82) is 0 Å². The van der Waals surface area contributed by atoms with Gasteiger partial charge in [0.2, 0.25) is 10.0 Å². The minimum absolute atomic E-state index is 0.111. The average molecular weight is 607 g/mol. The van der Waals surface area contributed by atoms with Crippen LogP contribution in [0.2, 0.25) is 0 Å². The molecule has 2 aromatic rings. The number of aromatic nitrogens is 1. The van der Waals surface area contributed by atoms with E-state index in [9.17, 15) is 31.2 Å². The summed E-state index contributed by atoms with van der Waals surface area (Å²) < 4.78 is 72.9. The van der Waals surface area contributed by atoms with E-state index in [1.165, 1.54) is 12.1 Å². The highest BCUT2D eigenvalue weighted by molar-refractivity contribution is 7.89. The van der Waals surface area contributed by atoms with Crippen LogP contribution in [0.5, 0.6) is 0 Å². The number of sulfonamides is 1. The molecule has 3 saturated carbocycles. The van der Waals surface area contributed by atoms with Crippen molar-refractivity contribution in [1.82, 2.24) is 14.6 Å². The third-order valence-corrected chi connectivity index (χ3v) is 10.3. The number of carbonyl (C=O) groups is 2. The van der Waals surface area contributed by atoms with Crippen molar-refractivity contribution in [3.8, 4) is 11.3 Å². The molecule has 1 heterocycles. The van der Waals surface area contributed by atoms with E-state index in [1.54, 1.807) is 6.92 Å². The summed E-state index contributed by atoms with van der Waals surface area (Å²) >= 11 is 0. The van der Waals surface area contributed by atoms with Crippen LogP contribution in [0.3, 0.4) is 0 Å². The summed E-state index contributed by atoms with van der Waals surface area (Å²) in [6.07, 6.45) is 1.19. The number of hydrogen-bond donors (Lipinski definition) is 3. The quantitative estimate of drug-likeness (QED) is 0.333. The standard InChI is InChI=1S/C29H33F3N4O5S/c1-17-22(26(37)34-21-12-20(13-21)27(38)39)15-24(36(17)16-18-6-4-3-5-7-18)19-8-9-25(23(14-19)29(30,31)32)42(40,41)35-28(33-2)10-11-28/h8-9,14-15,18,20-21,35H,3-7,10-13,16H2,1H3,(H,34,37)(H,38,39). The lowest BCUT2D eigenvalue weighted by atomic mass is 9.80. The summed E-state index contributed by atoms with van der Waals surface area (Å²) in [6.45, 7) is 9.45. The number of carboxylic acids is 1. The summed E-state index contributed by atoms with van der Waals surface area (Å²) in [5.41, 5.74) is -1.43. The summed E-state index contributed by atoms with van der Waals surface area (Å²) in [7, 11) is -4.65. The maximum Gasteiger partial charge on any atom is 0.417 e. The van der Waals surface area contributed by atoms with Crippen molar-refractivity contribution in [3.63, 3.8) is 0 Å². The van der Waals surface area contributed by atoms with Crippen LogP contribution in [0, 0.1) is 25.3 Å². The van der Waals surface area contributed by atoms with Gasteiger partial charge in [0.15, 0.2) is 0 Å². The molecule has 3 aliphatic rings. The predicted molar refractivity (Wildman–Crippen MR) is 147 cm³/mol. The highest BCUT2D eigenvalue weighted by Gasteiger charge is 2.55. The number of carbonyl (C=O) groups excluding carboxylic acids is 1. The minimum Gasteiger partial charge on any atom is -0.481 e. The van der Waals surface area contributed by atoms with Crippen LogP contribution in [0.4, 0.5) is 13.2 Å². The van der Waals surface area contributed by atoms with Crippen LogP contribution in [-0.4, -0.2) is 41.7 Å². The van der Waals surface area contributed by atoms with E-state index in [-0.39, 0.29) is 35.9 Å². The van der Waals surface area contributed by atoms with Gasteiger partial charge >= 0.3 is 12.1 Å². The van der Waals surface area contributed by atoms with Gasteiger partial charge in [-0.3, -0.25) is 14.4 Å². The van der Waals surface area contributed by atoms with Crippen LogP contribution in [0.15, 0.2) is 29.2 Å². The van der Waals surface area contributed by atoms with Gasteiger partial charge in [0.05, 0.1) is 34.8 Å². The van der Waals surface area contributed by atoms with Gasteiger partial charge in [-0.05, 0) is 62.3 Å². The Hall–Kier alpha value is -3.37. The molecule has 226 valence electrons. The number of nitrogens with zero attached hydrogens (tertiary/aromatic N) is 2. The van der Waals surface area contributed by atoms with Crippen molar-refractivity contribution in [3.05, 3.63) is 52.5 Å². The molecule has 0 radical (unpaired) electrons. The smallest absolute Gasteiger partial charge is 0.417 e. The van der Waals surface area contributed by atoms with E-state index in [4.69, 9.17) is 11.7 Å². The Morgan fingerprint density at radius 2 is 1.81 bits per heavy atom. The zero-order chi connectivity index (χ0) is 30.4. The Kier molecular flexibility index (Phi) is 7.91. The Balaban J connectivity index is 1.52. The van der Waals surface area contributed by atoms with E-state index in [2.05, 4.69) is 14.9 Å². The molecule has 3 N–H and O–H groups in total. The molecule has 9 nitrogen and oxygen atoms in total. The topological polar surface area (TPSA) is 122 Å². The molecule has 42 heavy (non-hydrogen) atoms. The first-order chi connectivity index (χ1) is 19.7. The molecule has 3 aliphatic carbocycles. The van der Waals surface area contributed by atoms with Crippen LogP contribution in [0.25, 0.3) is 16.1 Å². The van der Waals surface area contributed by atoms with Gasteiger partial charge in [0.25, 0.3) is 11.6 Å². The number of carboxylic acid groups (broad SMARTS) is 1. The second kappa shape index (κ2) is 11.0. The van der Waals surface area contributed by atoms with Crippen LogP contribution < -0.4 is 10.0 Å². The fraction of sp³-hybridized carbons (Fsp3) is 0.552. The molecular formula is C29H33F3N4O5S. The summed E-state index contributed by atoms with van der Waals surface area (Å²) in [4.78, 5) is 26.7. The number of alkyl halides is 3. The zero-order valence-electron chi connectivity index (χ0n) is 23.1. The van der Waals surface area contributed by atoms with E-state index >= 15 is 0 Å². The normalized spacial score (nSPS) is 22.2. The minimum atomic E-state index is -5.00. The van der Waals surface area contributed by atoms with Gasteiger partial charge < -0.3 is 15.0 Å². The largest absolute Gasteiger partial charge is 0.481 e. The average Bonchev–Trinajstić information content (AvgIpc) is 3.60. The number of amides is 1. The first kappa shape index (κ1) is 30.1. The summed E-state index contributed by atoms with van der Waals surface area (Å²) in [6, 6.07) is 4.23. The SMILES string of the molecule is [C-]#[N+]C1(NS(=O)(=O)c2ccc(-c3cc(C(=O)NC4CC(C(=O)O)C4)c(C)n3CC3CCCCC3)cc2C(F)(F)F)CC1. The second-order valence-electron chi connectivity index (χ2n) is 11.8. The Morgan fingerprint density at radius 3 is 2.38 bits per heavy atom. The Morgan fingerprint density at radius 1 is 1.14 bits per heavy atom. The molecule has 0 aliphatic heterocycles. The first-order valence-corrected chi connectivity index (χ1v) is 15.6. The Labute approximate surface area is 242 Å². The van der Waals surface area contributed by atoms with Gasteiger partial charge in [-0.1, -0.05) is 25.3 Å². The van der Waals surface area contributed by atoms with Gasteiger partial charge in [0.1, 0.15) is 0 Å². The van der Waals surface area contributed by atoms with Gasteiger partial charge in [0, 0.05) is 24.0 Å². The molecule has 1 aromatic carbocycles. The molecule has 0 saturated heterocycles. The fourth-order valence-corrected chi connectivity index (χ4v) is 7.55. The van der Waals surface area contributed by atoms with Crippen LogP contribution in [0.1, 0.15) is 79.4 Å². The molecule has 5 rings (SSSR count). The molecule has 0 unspecified atom stereocenters. The number of halogens is 3. The van der Waals surface area contributed by atoms with Crippen molar-refractivity contribution in [2.75, 3.05) is 0 Å². The number of rotatable bonds is 9. The van der Waals surface area contributed by atoms with Crippen molar-refractivity contribution >= 4 is 21.9 Å². The van der Waals surface area contributed by atoms with Crippen LogP contribution in [-0.2, 0) is 27.5 Å². The lowest BCUT2D eigenvalue weighted by molar-refractivity contribution is -0.145. The summed E-state index contributed by atoms with van der Waals surface area (Å²) in [5.74, 6) is -1.59. The Bertz CT molecular complexity index is 1540. The van der Waals surface area contributed by atoms with E-state index in [1.807, 2.05) is 4.57 Å². The van der Waals surface area contributed by atoms with Gasteiger partial charge in [-0.2, -0.15) is 13.2 Å². The molecule has 3 fully saturated rings. The van der Waals surface area contributed by atoms with Crippen molar-refractivity contribution < 1.29 is 36.3 Å². The maximum atomic E-state index is 14.3. The zero-order valence-corrected chi connectivity index (χ0v) is 23.9. The predicted octanol–water partition coefficient (Wildman–Crippen LogP) is 5.34.